The molecular formula is C11H10ClFO2. The van der Waals surface area contributed by atoms with E-state index in [2.05, 4.69) is 0 Å². The molecule has 0 aromatic heterocycles. The van der Waals surface area contributed by atoms with E-state index < -0.39 is 5.82 Å². The summed E-state index contributed by atoms with van der Waals surface area (Å²) in [5.74, 6) is -0.628. The van der Waals surface area contributed by atoms with Crippen molar-refractivity contribution in [3.63, 3.8) is 0 Å². The van der Waals surface area contributed by atoms with Gasteiger partial charge in [0, 0.05) is 18.1 Å². The number of hydrogen-bond donors (Lipinski definition) is 0. The van der Waals surface area contributed by atoms with Crippen molar-refractivity contribution in [2.45, 2.75) is 6.42 Å². The topological polar surface area (TPSA) is 26.3 Å². The third-order valence-corrected chi connectivity index (χ3v) is 2.79. The minimum atomic E-state index is -0.504. The first-order valence-electron chi connectivity index (χ1n) is 4.75. The zero-order valence-electron chi connectivity index (χ0n) is 8.00. The predicted octanol–water partition coefficient (Wildman–Crippen LogP) is 2.70. The van der Waals surface area contributed by atoms with Crippen LogP contribution in [0.3, 0.4) is 0 Å². The van der Waals surface area contributed by atoms with Gasteiger partial charge in [-0.05, 0) is 24.6 Å². The summed E-state index contributed by atoms with van der Waals surface area (Å²) in [5, 5.41) is -0.0141. The fourth-order valence-electron chi connectivity index (χ4n) is 1.63. The van der Waals surface area contributed by atoms with Crippen molar-refractivity contribution >= 4 is 17.4 Å². The lowest BCUT2D eigenvalue weighted by molar-refractivity contribution is 0.0900. The minimum Gasteiger partial charge on any atom is -0.381 e. The number of ether oxygens (including phenoxy) is 1. The Morgan fingerprint density at radius 1 is 1.53 bits per heavy atom. The van der Waals surface area contributed by atoms with Gasteiger partial charge in [-0.15, -0.1) is 0 Å². The monoisotopic (exact) mass is 228 g/mol. The molecule has 80 valence electrons. The maximum Gasteiger partial charge on any atom is 0.168 e. The maximum absolute atomic E-state index is 12.9. The Balaban J connectivity index is 2.21. The largest absolute Gasteiger partial charge is 0.381 e. The van der Waals surface area contributed by atoms with Gasteiger partial charge in [0.15, 0.2) is 5.78 Å². The van der Waals surface area contributed by atoms with Gasteiger partial charge in [0.2, 0.25) is 0 Å². The SMILES string of the molecule is O=C(c1ccc(F)c(Cl)c1)C1CCOC1. The maximum atomic E-state index is 12.9. The molecule has 1 aliphatic rings. The van der Waals surface area contributed by atoms with Crippen LogP contribution in [0, 0.1) is 11.7 Å². The molecule has 1 aromatic carbocycles. The second-order valence-electron chi connectivity index (χ2n) is 3.55. The zero-order valence-corrected chi connectivity index (χ0v) is 8.76. The summed E-state index contributed by atoms with van der Waals surface area (Å²) < 4.78 is 18.0. The van der Waals surface area contributed by atoms with Gasteiger partial charge in [0.25, 0.3) is 0 Å². The Kier molecular flexibility index (Phi) is 3.03. The van der Waals surface area contributed by atoms with E-state index in [0.29, 0.717) is 18.8 Å². The fourth-order valence-corrected chi connectivity index (χ4v) is 1.81. The molecule has 15 heavy (non-hydrogen) atoms. The fraction of sp³-hybridized carbons (Fsp3) is 0.364. The number of Topliss-reactive ketones (excluding diaryl/α,β-unsaturated/α-hetero) is 1. The van der Waals surface area contributed by atoms with Crippen molar-refractivity contribution in [3.8, 4) is 0 Å². The second-order valence-corrected chi connectivity index (χ2v) is 3.96. The van der Waals surface area contributed by atoms with Crippen LogP contribution in [0.15, 0.2) is 18.2 Å². The van der Waals surface area contributed by atoms with E-state index in [4.69, 9.17) is 16.3 Å². The van der Waals surface area contributed by atoms with Crippen molar-refractivity contribution in [1.29, 1.82) is 0 Å². The van der Waals surface area contributed by atoms with Crippen LogP contribution in [-0.2, 0) is 4.74 Å². The molecule has 2 rings (SSSR count). The van der Waals surface area contributed by atoms with Crippen LogP contribution in [0.2, 0.25) is 5.02 Å². The molecule has 1 aromatic rings. The molecule has 0 bridgehead atoms. The number of benzene rings is 1. The first kappa shape index (κ1) is 10.6. The summed E-state index contributed by atoms with van der Waals surface area (Å²) >= 11 is 5.61. The molecule has 0 saturated carbocycles. The Morgan fingerprint density at radius 2 is 2.33 bits per heavy atom. The number of halogens is 2. The van der Waals surface area contributed by atoms with E-state index in [0.717, 1.165) is 6.42 Å². The smallest absolute Gasteiger partial charge is 0.168 e. The number of ketones is 1. The molecule has 0 radical (unpaired) electrons. The molecular weight excluding hydrogens is 219 g/mol. The van der Waals surface area contributed by atoms with Crippen LogP contribution >= 0.6 is 11.6 Å². The van der Waals surface area contributed by atoms with Gasteiger partial charge in [0.05, 0.1) is 11.6 Å². The van der Waals surface area contributed by atoms with Crippen molar-refractivity contribution in [2.24, 2.45) is 5.92 Å². The highest BCUT2D eigenvalue weighted by atomic mass is 35.5. The van der Waals surface area contributed by atoms with Gasteiger partial charge in [-0.1, -0.05) is 11.6 Å². The van der Waals surface area contributed by atoms with Crippen LogP contribution in [0.1, 0.15) is 16.8 Å². The van der Waals surface area contributed by atoms with Gasteiger partial charge >= 0.3 is 0 Å². The number of rotatable bonds is 2. The highest BCUT2D eigenvalue weighted by Gasteiger charge is 2.24. The molecule has 4 heteroatoms. The first-order valence-corrected chi connectivity index (χ1v) is 5.13. The van der Waals surface area contributed by atoms with Gasteiger partial charge in [0.1, 0.15) is 5.82 Å². The molecule has 1 atom stereocenters. The summed E-state index contributed by atoms with van der Waals surface area (Å²) in [6.07, 6.45) is 0.730. The van der Waals surface area contributed by atoms with Crippen LogP contribution < -0.4 is 0 Å². The van der Waals surface area contributed by atoms with E-state index in [-0.39, 0.29) is 16.7 Å². The van der Waals surface area contributed by atoms with Gasteiger partial charge in [-0.2, -0.15) is 0 Å². The average Bonchev–Trinajstić information content (AvgIpc) is 2.74. The summed E-state index contributed by atoms with van der Waals surface area (Å²) in [6.45, 7) is 1.07. The van der Waals surface area contributed by atoms with Crippen molar-refractivity contribution in [3.05, 3.63) is 34.6 Å². The molecule has 1 aliphatic heterocycles. The minimum absolute atomic E-state index is 0.0141. The van der Waals surface area contributed by atoms with E-state index in [9.17, 15) is 9.18 Å². The second kappa shape index (κ2) is 4.29. The predicted molar refractivity (Wildman–Crippen MR) is 54.7 cm³/mol. The number of carbonyl (C=O) groups excluding carboxylic acids is 1. The van der Waals surface area contributed by atoms with Gasteiger partial charge < -0.3 is 4.74 Å². The zero-order chi connectivity index (χ0) is 10.8. The average molecular weight is 229 g/mol. The van der Waals surface area contributed by atoms with E-state index in [1.807, 2.05) is 0 Å². The lowest BCUT2D eigenvalue weighted by atomic mass is 9.97. The Morgan fingerprint density at radius 3 is 2.93 bits per heavy atom. The lowest BCUT2D eigenvalue weighted by Crippen LogP contribution is -2.14. The van der Waals surface area contributed by atoms with Crippen LogP contribution in [0.25, 0.3) is 0 Å². The molecule has 1 heterocycles. The van der Waals surface area contributed by atoms with Crippen LogP contribution in [-0.4, -0.2) is 19.0 Å². The normalized spacial score (nSPS) is 20.5. The van der Waals surface area contributed by atoms with E-state index in [1.165, 1.54) is 18.2 Å². The number of carbonyl (C=O) groups is 1. The Hall–Kier alpha value is -0.930. The molecule has 0 aliphatic carbocycles. The van der Waals surface area contributed by atoms with Crippen LogP contribution in [0.4, 0.5) is 4.39 Å². The summed E-state index contributed by atoms with van der Waals surface area (Å²) in [7, 11) is 0. The quantitative estimate of drug-likeness (QED) is 0.728. The number of hydrogen-bond acceptors (Lipinski definition) is 2. The lowest BCUT2D eigenvalue weighted by Gasteiger charge is -2.06. The Labute approximate surface area is 92.0 Å². The first-order chi connectivity index (χ1) is 7.18. The van der Waals surface area contributed by atoms with Gasteiger partial charge in [-0.3, -0.25) is 4.79 Å². The third-order valence-electron chi connectivity index (χ3n) is 2.50. The van der Waals surface area contributed by atoms with E-state index in [1.54, 1.807) is 0 Å². The van der Waals surface area contributed by atoms with Crippen molar-refractivity contribution < 1.29 is 13.9 Å². The molecule has 2 nitrogen and oxygen atoms in total. The van der Waals surface area contributed by atoms with Gasteiger partial charge in [-0.25, -0.2) is 4.39 Å². The standard InChI is InChI=1S/C11H10ClFO2/c12-9-5-7(1-2-10(9)13)11(14)8-3-4-15-6-8/h1-2,5,8H,3-4,6H2. The molecule has 0 spiro atoms. The molecule has 0 N–H and O–H groups in total. The van der Waals surface area contributed by atoms with Crippen molar-refractivity contribution in [2.75, 3.05) is 13.2 Å². The highest BCUT2D eigenvalue weighted by Crippen LogP contribution is 2.22. The molecule has 1 unspecified atom stereocenters. The Bertz CT molecular complexity index is 386. The molecule has 1 saturated heterocycles. The summed E-state index contributed by atoms with van der Waals surface area (Å²) in [4.78, 5) is 11.8. The molecule has 0 amide bonds. The highest BCUT2D eigenvalue weighted by molar-refractivity contribution is 6.31. The van der Waals surface area contributed by atoms with Crippen molar-refractivity contribution in [1.82, 2.24) is 0 Å². The summed E-state index contributed by atoms with van der Waals surface area (Å²) in [5.41, 5.74) is 0.455. The van der Waals surface area contributed by atoms with Crippen LogP contribution in [0.5, 0.6) is 0 Å². The third kappa shape index (κ3) is 2.19. The summed E-state index contributed by atoms with van der Waals surface area (Å²) in [6, 6.07) is 4.05. The molecule has 1 fully saturated rings. The van der Waals surface area contributed by atoms with E-state index >= 15 is 0 Å².